The quantitative estimate of drug-likeness (QED) is 0.180. The van der Waals surface area contributed by atoms with Gasteiger partial charge >= 0.3 is 22.4 Å². The number of carbonyl (C=O) groups is 1. The van der Waals surface area contributed by atoms with E-state index in [1.807, 2.05) is 41.5 Å². The van der Waals surface area contributed by atoms with Gasteiger partial charge in [0, 0.05) is 25.0 Å². The number of nitrogens with one attached hydrogen (secondary N) is 1. The van der Waals surface area contributed by atoms with Gasteiger partial charge in [-0.05, 0) is 60.4 Å². The van der Waals surface area contributed by atoms with Crippen LogP contribution in [-0.4, -0.2) is 42.4 Å². The number of amides is 1. The summed E-state index contributed by atoms with van der Waals surface area (Å²) in [5, 5.41) is 2.32. The molecule has 2 aromatic carbocycles. The number of piperidine rings is 1. The van der Waals surface area contributed by atoms with Crippen LogP contribution in [0.4, 0.5) is 0 Å². The van der Waals surface area contributed by atoms with Gasteiger partial charge < -0.3 is 29.0 Å². The summed E-state index contributed by atoms with van der Waals surface area (Å²) >= 11 is 0. The van der Waals surface area contributed by atoms with Gasteiger partial charge in [0.15, 0.2) is 0 Å². The Morgan fingerprint density at radius 3 is 2.05 bits per heavy atom. The molecule has 3 aliphatic rings. The molecule has 2 heterocycles. The smallest absolute Gasteiger partial charge is 0.389 e. The molecule has 241 valence electrons. The van der Waals surface area contributed by atoms with Crippen molar-refractivity contribution in [1.82, 2.24) is 15.1 Å². The second-order valence-corrected chi connectivity index (χ2v) is 10.4. The zero-order valence-electron chi connectivity index (χ0n) is 28.5. The fourth-order valence-corrected chi connectivity index (χ4v) is 6.18. The largest absolute Gasteiger partial charge is 2.00 e. The summed E-state index contributed by atoms with van der Waals surface area (Å²) in [6, 6.07) is 21.7. The van der Waals surface area contributed by atoms with Gasteiger partial charge in [-0.1, -0.05) is 133 Å². The van der Waals surface area contributed by atoms with Crippen LogP contribution in [0.3, 0.4) is 0 Å². The first-order valence-electron chi connectivity index (χ1n) is 16.6. The van der Waals surface area contributed by atoms with Crippen LogP contribution in [-0.2, 0) is 27.2 Å². The van der Waals surface area contributed by atoms with Crippen molar-refractivity contribution in [2.75, 3.05) is 26.2 Å². The van der Waals surface area contributed by atoms with Crippen LogP contribution < -0.4 is 5.32 Å². The number of nitrogens with zero attached hydrogens (tertiary/aromatic N) is 2. The Labute approximate surface area is 286 Å². The molecular weight excluding hydrogens is 619 g/mol. The van der Waals surface area contributed by atoms with E-state index >= 15 is 0 Å². The molecule has 5 heteroatoms. The van der Waals surface area contributed by atoms with E-state index in [4.69, 9.17) is 0 Å². The van der Waals surface area contributed by atoms with Crippen LogP contribution in [0.5, 0.6) is 0 Å². The number of allylic oxidation sites excluding steroid dienone is 3. The van der Waals surface area contributed by atoms with Crippen molar-refractivity contribution in [3.63, 3.8) is 0 Å². The SMILES string of the molecule is C=C1C=C(c2ccccc2)C=CN1CC1CCN(C([CH2-])c2ccccc2)CC12CCCC2.CC.CC.CC.[CH2-]CNC=O.[Nb+2]. The maximum atomic E-state index is 9.25. The second-order valence-electron chi connectivity index (χ2n) is 10.4. The molecule has 5 rings (SSSR count). The van der Waals surface area contributed by atoms with Crippen molar-refractivity contribution in [1.29, 1.82) is 0 Å². The minimum atomic E-state index is 0. The van der Waals surface area contributed by atoms with Gasteiger partial charge in [-0.2, -0.15) is 0 Å². The molecule has 2 fully saturated rings. The summed E-state index contributed by atoms with van der Waals surface area (Å²) in [6.45, 7) is 28.2. The monoisotopic (exact) mass is 678 g/mol. The van der Waals surface area contributed by atoms with Crippen molar-refractivity contribution >= 4 is 12.0 Å². The van der Waals surface area contributed by atoms with Crippen LogP contribution in [0.15, 0.2) is 91.3 Å². The molecule has 2 unspecified atom stereocenters. The number of likely N-dealkylation sites (tertiary alicyclic amines) is 1. The van der Waals surface area contributed by atoms with Gasteiger partial charge in [0.1, 0.15) is 0 Å². The summed E-state index contributed by atoms with van der Waals surface area (Å²) < 4.78 is 0. The maximum Gasteiger partial charge on any atom is 2.00 e. The predicted molar refractivity (Wildman–Crippen MR) is 188 cm³/mol. The predicted octanol–water partition coefficient (Wildman–Crippen LogP) is 9.51. The van der Waals surface area contributed by atoms with E-state index in [0.29, 0.717) is 24.3 Å². The molecule has 2 aliphatic heterocycles. The molecule has 1 amide bonds. The average Bonchev–Trinajstić information content (AvgIpc) is 3.55. The molecule has 1 saturated heterocycles. The van der Waals surface area contributed by atoms with Crippen LogP contribution in [0.2, 0.25) is 0 Å². The van der Waals surface area contributed by atoms with E-state index in [-0.39, 0.29) is 28.4 Å². The fourth-order valence-electron chi connectivity index (χ4n) is 6.18. The Balaban J connectivity index is 0.00000136. The van der Waals surface area contributed by atoms with E-state index in [2.05, 4.69) is 115 Å². The number of benzene rings is 2. The van der Waals surface area contributed by atoms with Gasteiger partial charge in [-0.3, -0.25) is 4.79 Å². The molecule has 1 aliphatic carbocycles. The molecule has 1 radical (unpaired) electrons. The molecular formula is C39H59N3NbO. The Hall–Kier alpha value is -2.37. The first-order chi connectivity index (χ1) is 21.1. The Kier molecular flexibility index (Phi) is 22.6. The third kappa shape index (κ3) is 12.2. The first kappa shape index (κ1) is 41.6. The summed E-state index contributed by atoms with van der Waals surface area (Å²) in [5.74, 6) is 0.706. The summed E-state index contributed by atoms with van der Waals surface area (Å²) in [5.41, 5.74) is 5.37. The van der Waals surface area contributed by atoms with Gasteiger partial charge in [-0.15, -0.1) is 6.54 Å². The van der Waals surface area contributed by atoms with Crippen LogP contribution in [0.25, 0.3) is 5.57 Å². The summed E-state index contributed by atoms with van der Waals surface area (Å²) in [7, 11) is 0. The Morgan fingerprint density at radius 2 is 1.55 bits per heavy atom. The van der Waals surface area contributed by atoms with Crippen molar-refractivity contribution in [3.05, 3.63) is 116 Å². The maximum absolute atomic E-state index is 9.25. The number of carbonyl (C=O) groups excluding carboxylic acids is 1. The zero-order chi connectivity index (χ0) is 32.1. The average molecular weight is 679 g/mol. The third-order valence-corrected chi connectivity index (χ3v) is 8.25. The zero-order valence-corrected chi connectivity index (χ0v) is 30.7. The van der Waals surface area contributed by atoms with E-state index in [1.165, 1.54) is 55.3 Å². The van der Waals surface area contributed by atoms with Crippen molar-refractivity contribution in [3.8, 4) is 0 Å². The van der Waals surface area contributed by atoms with Gasteiger partial charge in [0.2, 0.25) is 6.41 Å². The molecule has 0 bridgehead atoms. The van der Waals surface area contributed by atoms with Crippen molar-refractivity contribution < 1.29 is 27.2 Å². The molecule has 0 aromatic heterocycles. The van der Waals surface area contributed by atoms with Crippen molar-refractivity contribution in [2.24, 2.45) is 11.3 Å². The Morgan fingerprint density at radius 1 is 0.977 bits per heavy atom. The topological polar surface area (TPSA) is 35.6 Å². The van der Waals surface area contributed by atoms with E-state index < -0.39 is 0 Å². The first-order valence-corrected chi connectivity index (χ1v) is 16.6. The van der Waals surface area contributed by atoms with Gasteiger partial charge in [-0.25, -0.2) is 0 Å². The van der Waals surface area contributed by atoms with Gasteiger partial charge in [0.05, 0.1) is 0 Å². The van der Waals surface area contributed by atoms with Crippen LogP contribution in [0.1, 0.15) is 90.8 Å². The standard InChI is InChI=1S/C30H35N2.C3H6NO.3C2H6.Nb/c1-24-21-28(27-13-7-4-8-14-27)15-19-31(24)22-29-16-20-32(23-30(29)17-9-10-18-30)25(2)26-11-5-3-6-12-26;1-2-4-3-5;3*1-2;/h3-8,11-15,19,21,25,29H,1-2,9-10,16-18,20,22-23H2;3H,1-2H2,(H,4,5);3*1-2H3;/q2*-1;;;;+2. The second kappa shape index (κ2) is 23.9. The van der Waals surface area contributed by atoms with Crippen molar-refractivity contribution in [2.45, 2.75) is 79.7 Å². The minimum Gasteiger partial charge on any atom is -0.389 e. The molecule has 2 aromatic rings. The fraction of sp³-hybridized carbons (Fsp3) is 0.462. The summed E-state index contributed by atoms with van der Waals surface area (Å²) in [4.78, 5) is 14.3. The van der Waals surface area contributed by atoms with E-state index in [9.17, 15) is 4.79 Å². The van der Waals surface area contributed by atoms with E-state index in [1.54, 1.807) is 0 Å². The summed E-state index contributed by atoms with van der Waals surface area (Å²) in [6.07, 6.45) is 14.1. The molecule has 2 atom stereocenters. The molecule has 1 saturated carbocycles. The van der Waals surface area contributed by atoms with E-state index in [0.717, 1.165) is 18.8 Å². The normalized spacial score (nSPS) is 18.6. The number of hydrogen-bond donors (Lipinski definition) is 1. The third-order valence-electron chi connectivity index (χ3n) is 8.25. The number of rotatable bonds is 7. The molecule has 1 N–H and O–H groups in total. The Bertz CT molecular complexity index is 1080. The molecule has 44 heavy (non-hydrogen) atoms. The van der Waals surface area contributed by atoms with Crippen LogP contribution in [0, 0.1) is 25.2 Å². The molecule has 4 nitrogen and oxygen atoms in total. The van der Waals surface area contributed by atoms with Crippen LogP contribution >= 0.6 is 0 Å². The minimum absolute atomic E-state index is 0. The number of hydrogen-bond acceptors (Lipinski definition) is 3. The molecule has 1 spiro atoms. The van der Waals surface area contributed by atoms with Gasteiger partial charge in [0.25, 0.3) is 0 Å².